The highest BCUT2D eigenvalue weighted by molar-refractivity contribution is 5.79. The zero-order chi connectivity index (χ0) is 14.4. The summed E-state index contributed by atoms with van der Waals surface area (Å²) in [5.74, 6) is 0. The van der Waals surface area contributed by atoms with Gasteiger partial charge in [0.25, 0.3) is 0 Å². The summed E-state index contributed by atoms with van der Waals surface area (Å²) in [6.07, 6.45) is 0.0464. The normalized spacial score (nSPS) is 16.0. The van der Waals surface area contributed by atoms with Crippen molar-refractivity contribution >= 4 is 5.69 Å². The maximum atomic E-state index is 4.69. The first kappa shape index (κ1) is 12.2. The number of hydrogen-bond donors (Lipinski definition) is 1. The highest BCUT2D eigenvalue weighted by atomic mass is 15.4. The minimum absolute atomic E-state index is 0.0464. The molecule has 0 saturated heterocycles. The quantitative estimate of drug-likeness (QED) is 0.723. The average molecular weight is 275 g/mol. The van der Waals surface area contributed by atoms with Gasteiger partial charge in [-0.05, 0) is 37.6 Å². The SMILES string of the molecule is Cc1ccc2c(c1)-c1cc(C)nn1[C@@H](c1ccccc1)N2. The summed E-state index contributed by atoms with van der Waals surface area (Å²) in [6.45, 7) is 4.17. The molecular weight excluding hydrogens is 258 g/mol. The van der Waals surface area contributed by atoms with Gasteiger partial charge in [-0.1, -0.05) is 42.0 Å². The Morgan fingerprint density at radius 1 is 1.00 bits per heavy atom. The van der Waals surface area contributed by atoms with Crippen molar-refractivity contribution < 1.29 is 0 Å². The standard InChI is InChI=1S/C18H17N3/c1-12-8-9-16-15(10-12)17-11-13(2)20-21(17)18(19-16)14-6-4-3-5-7-14/h3-11,18-19H,1-2H3/t18-/m0/s1. The van der Waals surface area contributed by atoms with E-state index in [4.69, 9.17) is 5.10 Å². The van der Waals surface area contributed by atoms with Crippen LogP contribution in [-0.2, 0) is 0 Å². The van der Waals surface area contributed by atoms with Gasteiger partial charge < -0.3 is 5.32 Å². The van der Waals surface area contributed by atoms with Crippen molar-refractivity contribution in [3.63, 3.8) is 0 Å². The Balaban J connectivity index is 1.93. The molecule has 1 aliphatic rings. The molecule has 0 radical (unpaired) electrons. The number of anilines is 1. The molecule has 104 valence electrons. The Kier molecular flexibility index (Phi) is 2.61. The van der Waals surface area contributed by atoms with E-state index in [0.29, 0.717) is 0 Å². The van der Waals surface area contributed by atoms with Crippen molar-refractivity contribution in [2.45, 2.75) is 20.0 Å². The first-order chi connectivity index (χ1) is 10.2. The molecule has 1 aromatic heterocycles. The predicted octanol–water partition coefficient (Wildman–Crippen LogP) is 4.14. The summed E-state index contributed by atoms with van der Waals surface area (Å²) >= 11 is 0. The molecule has 1 N–H and O–H groups in total. The number of hydrogen-bond acceptors (Lipinski definition) is 2. The van der Waals surface area contributed by atoms with Gasteiger partial charge in [0.2, 0.25) is 0 Å². The van der Waals surface area contributed by atoms with Gasteiger partial charge in [-0.3, -0.25) is 0 Å². The summed E-state index contributed by atoms with van der Waals surface area (Å²) in [7, 11) is 0. The zero-order valence-corrected chi connectivity index (χ0v) is 12.2. The van der Waals surface area contributed by atoms with Crippen LogP contribution < -0.4 is 5.32 Å². The molecule has 0 fully saturated rings. The predicted molar refractivity (Wildman–Crippen MR) is 85.3 cm³/mol. The number of fused-ring (bicyclic) bond motifs is 3. The Morgan fingerprint density at radius 3 is 2.62 bits per heavy atom. The third-order valence-electron chi connectivity index (χ3n) is 3.96. The fraction of sp³-hybridized carbons (Fsp3) is 0.167. The number of aryl methyl sites for hydroxylation is 2. The van der Waals surface area contributed by atoms with Crippen LogP contribution in [0.25, 0.3) is 11.3 Å². The molecule has 3 nitrogen and oxygen atoms in total. The molecule has 2 aromatic carbocycles. The largest absolute Gasteiger partial charge is 0.359 e. The molecule has 3 heteroatoms. The van der Waals surface area contributed by atoms with Gasteiger partial charge in [0, 0.05) is 11.3 Å². The molecule has 0 unspecified atom stereocenters. The molecule has 1 aliphatic heterocycles. The van der Waals surface area contributed by atoms with Gasteiger partial charge in [-0.25, -0.2) is 4.68 Å². The fourth-order valence-corrected chi connectivity index (χ4v) is 2.98. The average Bonchev–Trinajstić information content (AvgIpc) is 2.89. The van der Waals surface area contributed by atoms with Crippen LogP contribution in [0.5, 0.6) is 0 Å². The van der Waals surface area contributed by atoms with Gasteiger partial charge in [-0.15, -0.1) is 0 Å². The van der Waals surface area contributed by atoms with Crippen LogP contribution in [0.1, 0.15) is 23.0 Å². The van der Waals surface area contributed by atoms with E-state index in [1.165, 1.54) is 28.1 Å². The van der Waals surface area contributed by atoms with Crippen LogP contribution in [-0.4, -0.2) is 9.78 Å². The Hall–Kier alpha value is -2.55. The zero-order valence-electron chi connectivity index (χ0n) is 12.2. The maximum absolute atomic E-state index is 4.69. The second kappa shape index (κ2) is 4.48. The van der Waals surface area contributed by atoms with Crippen LogP contribution in [0, 0.1) is 13.8 Å². The molecule has 0 spiro atoms. The fourth-order valence-electron chi connectivity index (χ4n) is 2.98. The van der Waals surface area contributed by atoms with E-state index in [-0.39, 0.29) is 6.17 Å². The molecule has 0 bridgehead atoms. The topological polar surface area (TPSA) is 29.9 Å². The Labute approximate surface area is 124 Å². The number of aromatic nitrogens is 2. The van der Waals surface area contributed by atoms with Crippen LogP contribution in [0.15, 0.2) is 54.6 Å². The monoisotopic (exact) mass is 275 g/mol. The van der Waals surface area contributed by atoms with Crippen molar-refractivity contribution in [2.75, 3.05) is 5.32 Å². The number of nitrogens with zero attached hydrogens (tertiary/aromatic N) is 2. The van der Waals surface area contributed by atoms with Gasteiger partial charge in [0.15, 0.2) is 0 Å². The Morgan fingerprint density at radius 2 is 1.81 bits per heavy atom. The highest BCUT2D eigenvalue weighted by Crippen LogP contribution is 2.38. The van der Waals surface area contributed by atoms with E-state index in [9.17, 15) is 0 Å². The van der Waals surface area contributed by atoms with E-state index in [0.717, 1.165) is 5.69 Å². The van der Waals surface area contributed by atoms with Crippen molar-refractivity contribution in [2.24, 2.45) is 0 Å². The lowest BCUT2D eigenvalue weighted by atomic mass is 10.0. The van der Waals surface area contributed by atoms with Gasteiger partial charge in [-0.2, -0.15) is 5.10 Å². The summed E-state index contributed by atoms with van der Waals surface area (Å²) < 4.78 is 2.09. The Bertz CT molecular complexity index is 803. The summed E-state index contributed by atoms with van der Waals surface area (Å²) in [5, 5.41) is 8.30. The van der Waals surface area contributed by atoms with E-state index >= 15 is 0 Å². The van der Waals surface area contributed by atoms with Crippen molar-refractivity contribution in [1.29, 1.82) is 0 Å². The van der Waals surface area contributed by atoms with Gasteiger partial charge in [0.05, 0.1) is 11.4 Å². The van der Waals surface area contributed by atoms with Crippen LogP contribution >= 0.6 is 0 Å². The smallest absolute Gasteiger partial charge is 0.147 e. The summed E-state index contributed by atoms with van der Waals surface area (Å²) in [6, 6.07) is 19.1. The summed E-state index contributed by atoms with van der Waals surface area (Å²) in [5.41, 5.74) is 7.10. The lowest BCUT2D eigenvalue weighted by molar-refractivity contribution is 0.571. The third kappa shape index (κ3) is 1.93. The molecule has 21 heavy (non-hydrogen) atoms. The number of benzene rings is 2. The van der Waals surface area contributed by atoms with E-state index in [1.807, 2.05) is 13.0 Å². The highest BCUT2D eigenvalue weighted by Gasteiger charge is 2.26. The third-order valence-corrected chi connectivity index (χ3v) is 3.96. The number of nitrogens with one attached hydrogen (secondary N) is 1. The molecule has 1 atom stereocenters. The van der Waals surface area contributed by atoms with E-state index < -0.39 is 0 Å². The molecule has 0 aliphatic carbocycles. The first-order valence-electron chi connectivity index (χ1n) is 7.21. The second-order valence-electron chi connectivity index (χ2n) is 5.62. The van der Waals surface area contributed by atoms with Gasteiger partial charge in [0.1, 0.15) is 6.17 Å². The molecule has 2 heterocycles. The minimum atomic E-state index is 0.0464. The summed E-state index contributed by atoms with van der Waals surface area (Å²) in [4.78, 5) is 0. The first-order valence-corrected chi connectivity index (χ1v) is 7.21. The van der Waals surface area contributed by atoms with Crippen molar-refractivity contribution in [3.05, 3.63) is 71.4 Å². The van der Waals surface area contributed by atoms with Crippen LogP contribution in [0.4, 0.5) is 5.69 Å². The second-order valence-corrected chi connectivity index (χ2v) is 5.62. The maximum Gasteiger partial charge on any atom is 0.147 e. The van der Waals surface area contributed by atoms with Crippen molar-refractivity contribution in [1.82, 2.24) is 9.78 Å². The van der Waals surface area contributed by atoms with Gasteiger partial charge >= 0.3 is 0 Å². The lowest BCUT2D eigenvalue weighted by Gasteiger charge is -2.29. The number of rotatable bonds is 1. The molecular formula is C18H17N3. The van der Waals surface area contributed by atoms with Crippen LogP contribution in [0.2, 0.25) is 0 Å². The molecule has 0 amide bonds. The minimum Gasteiger partial charge on any atom is -0.359 e. The lowest BCUT2D eigenvalue weighted by Crippen LogP contribution is -2.25. The molecule has 3 aromatic rings. The van der Waals surface area contributed by atoms with Crippen LogP contribution in [0.3, 0.4) is 0 Å². The molecule has 4 rings (SSSR count). The van der Waals surface area contributed by atoms with Crippen molar-refractivity contribution in [3.8, 4) is 11.3 Å². The van der Waals surface area contributed by atoms with E-state index in [1.54, 1.807) is 0 Å². The van der Waals surface area contributed by atoms with E-state index in [2.05, 4.69) is 65.5 Å². The molecule has 0 saturated carbocycles.